The van der Waals surface area contributed by atoms with E-state index in [2.05, 4.69) is 6.58 Å². The van der Waals surface area contributed by atoms with Crippen molar-refractivity contribution in [2.24, 2.45) is 0 Å². The molecule has 1 amide bonds. The molecule has 0 saturated heterocycles. The summed E-state index contributed by atoms with van der Waals surface area (Å²) in [6.07, 6.45) is 1.66. The summed E-state index contributed by atoms with van der Waals surface area (Å²) in [5, 5.41) is 0.452. The van der Waals surface area contributed by atoms with Gasteiger partial charge in [-0.15, -0.1) is 0 Å². The van der Waals surface area contributed by atoms with E-state index in [1.807, 2.05) is 54.6 Å². The summed E-state index contributed by atoms with van der Waals surface area (Å²) >= 11 is 0. The lowest BCUT2D eigenvalue weighted by Gasteiger charge is -2.25. The van der Waals surface area contributed by atoms with Gasteiger partial charge in [0.2, 0.25) is 5.76 Å². The van der Waals surface area contributed by atoms with Crippen LogP contribution in [0.5, 0.6) is 5.75 Å². The van der Waals surface area contributed by atoms with Crippen LogP contribution in [-0.2, 0) is 0 Å². The van der Waals surface area contributed by atoms with Crippen molar-refractivity contribution in [3.8, 4) is 5.75 Å². The van der Waals surface area contributed by atoms with Crippen molar-refractivity contribution in [2.75, 3.05) is 11.5 Å². The molecule has 1 aliphatic rings. The number of anilines is 1. The highest BCUT2D eigenvalue weighted by molar-refractivity contribution is 6.10. The third kappa shape index (κ3) is 3.11. The normalized spacial score (nSPS) is 15.2. The van der Waals surface area contributed by atoms with Crippen molar-refractivity contribution in [3.63, 3.8) is 0 Å². The minimum absolute atomic E-state index is 0.0787. The number of hydrogen-bond donors (Lipinski definition) is 0. The lowest BCUT2D eigenvalue weighted by Crippen LogP contribution is -2.29. The van der Waals surface area contributed by atoms with E-state index in [1.165, 1.54) is 0 Å². The van der Waals surface area contributed by atoms with Crippen LogP contribution in [0.3, 0.4) is 0 Å². The molecule has 2 heterocycles. The highest BCUT2D eigenvalue weighted by atomic mass is 16.5. The second kappa shape index (κ2) is 7.61. The second-order valence-corrected chi connectivity index (χ2v) is 7.26. The van der Waals surface area contributed by atoms with Crippen molar-refractivity contribution in [2.45, 2.75) is 6.04 Å². The molecule has 0 N–H and O–H groups in total. The number of fused-ring (bicyclic) bond motifs is 2. The number of rotatable bonds is 5. The van der Waals surface area contributed by atoms with Crippen molar-refractivity contribution in [1.82, 2.24) is 0 Å². The largest absolute Gasteiger partial charge is 0.490 e. The Kier molecular flexibility index (Phi) is 4.64. The summed E-state index contributed by atoms with van der Waals surface area (Å²) < 4.78 is 11.6. The molecular formula is C26H19NO4. The Hall–Kier alpha value is -4.12. The summed E-state index contributed by atoms with van der Waals surface area (Å²) in [5.41, 5.74) is 1.99. The van der Waals surface area contributed by atoms with E-state index in [0.717, 1.165) is 5.56 Å². The molecule has 0 fully saturated rings. The SMILES string of the molecule is C=CCOc1cccc(C2c3c(oc4ccccc4c3=O)C(=O)N2c2ccccc2)c1. The highest BCUT2D eigenvalue weighted by Crippen LogP contribution is 2.41. The van der Waals surface area contributed by atoms with Crippen LogP contribution in [-0.4, -0.2) is 12.5 Å². The van der Waals surface area contributed by atoms with Gasteiger partial charge in [0.05, 0.1) is 17.0 Å². The molecule has 0 aliphatic carbocycles. The Labute approximate surface area is 178 Å². The summed E-state index contributed by atoms with van der Waals surface area (Å²) in [6.45, 7) is 4.04. The number of benzene rings is 3. The number of ether oxygens (including phenoxy) is 1. The predicted molar refractivity (Wildman–Crippen MR) is 120 cm³/mol. The van der Waals surface area contributed by atoms with E-state index in [0.29, 0.717) is 34.6 Å². The first-order valence-corrected chi connectivity index (χ1v) is 9.97. The van der Waals surface area contributed by atoms with Gasteiger partial charge in [0.1, 0.15) is 17.9 Å². The van der Waals surface area contributed by atoms with Crippen molar-refractivity contribution in [3.05, 3.63) is 119 Å². The zero-order chi connectivity index (χ0) is 21.4. The van der Waals surface area contributed by atoms with Gasteiger partial charge in [-0.2, -0.15) is 0 Å². The minimum atomic E-state index is -0.627. The summed E-state index contributed by atoms with van der Waals surface area (Å²) in [5.74, 6) is 0.373. The van der Waals surface area contributed by atoms with Crippen LogP contribution in [0.1, 0.15) is 27.7 Å². The number of hydrogen-bond acceptors (Lipinski definition) is 4. The van der Waals surface area contributed by atoms with Gasteiger partial charge in [-0.25, -0.2) is 0 Å². The summed E-state index contributed by atoms with van der Waals surface area (Å²) in [7, 11) is 0. The van der Waals surface area contributed by atoms with Gasteiger partial charge in [0.15, 0.2) is 5.43 Å². The molecule has 152 valence electrons. The Morgan fingerprint density at radius 3 is 2.55 bits per heavy atom. The fourth-order valence-corrected chi connectivity index (χ4v) is 4.02. The molecule has 31 heavy (non-hydrogen) atoms. The van der Waals surface area contributed by atoms with Crippen LogP contribution >= 0.6 is 0 Å². The van der Waals surface area contributed by atoms with Crippen LogP contribution in [0, 0.1) is 0 Å². The maximum Gasteiger partial charge on any atom is 0.295 e. The lowest BCUT2D eigenvalue weighted by molar-refractivity contribution is 0.0971. The zero-order valence-electron chi connectivity index (χ0n) is 16.7. The molecule has 0 spiro atoms. The van der Waals surface area contributed by atoms with Gasteiger partial charge in [-0.3, -0.25) is 14.5 Å². The molecule has 5 heteroatoms. The number of para-hydroxylation sites is 2. The second-order valence-electron chi connectivity index (χ2n) is 7.26. The minimum Gasteiger partial charge on any atom is -0.490 e. The average molecular weight is 409 g/mol. The first-order chi connectivity index (χ1) is 15.2. The lowest BCUT2D eigenvalue weighted by atomic mass is 9.98. The van der Waals surface area contributed by atoms with E-state index in [1.54, 1.807) is 35.2 Å². The van der Waals surface area contributed by atoms with Gasteiger partial charge < -0.3 is 9.15 Å². The zero-order valence-corrected chi connectivity index (χ0v) is 16.7. The Morgan fingerprint density at radius 1 is 0.968 bits per heavy atom. The number of amides is 1. The molecule has 3 aromatic carbocycles. The third-order valence-corrected chi connectivity index (χ3v) is 5.35. The molecular weight excluding hydrogens is 390 g/mol. The van der Waals surface area contributed by atoms with E-state index in [9.17, 15) is 9.59 Å². The van der Waals surface area contributed by atoms with E-state index in [-0.39, 0.29) is 17.1 Å². The molecule has 4 aromatic rings. The first kappa shape index (κ1) is 18.9. The predicted octanol–water partition coefficient (Wildman–Crippen LogP) is 5.11. The van der Waals surface area contributed by atoms with Crippen molar-refractivity contribution in [1.29, 1.82) is 0 Å². The van der Waals surface area contributed by atoms with E-state index in [4.69, 9.17) is 9.15 Å². The monoisotopic (exact) mass is 409 g/mol. The van der Waals surface area contributed by atoms with Crippen molar-refractivity contribution >= 4 is 22.6 Å². The van der Waals surface area contributed by atoms with Gasteiger partial charge >= 0.3 is 0 Å². The number of carbonyl (C=O) groups is 1. The Bertz CT molecular complexity index is 1360. The number of carbonyl (C=O) groups excluding carboxylic acids is 1. The molecule has 0 saturated carbocycles. The highest BCUT2D eigenvalue weighted by Gasteiger charge is 2.43. The fourth-order valence-electron chi connectivity index (χ4n) is 4.02. The van der Waals surface area contributed by atoms with Crippen LogP contribution in [0.15, 0.2) is 101 Å². The molecule has 1 unspecified atom stereocenters. The van der Waals surface area contributed by atoms with Crippen LogP contribution in [0.2, 0.25) is 0 Å². The Morgan fingerprint density at radius 2 is 1.74 bits per heavy atom. The van der Waals surface area contributed by atoms with Crippen LogP contribution in [0.4, 0.5) is 5.69 Å². The maximum absolute atomic E-state index is 13.5. The third-order valence-electron chi connectivity index (χ3n) is 5.35. The van der Waals surface area contributed by atoms with Gasteiger partial charge in [0, 0.05) is 5.69 Å². The van der Waals surface area contributed by atoms with Gasteiger partial charge in [0.25, 0.3) is 5.91 Å². The summed E-state index contributed by atoms with van der Waals surface area (Å²) in [6, 6.07) is 23.1. The van der Waals surface area contributed by atoms with E-state index >= 15 is 0 Å². The first-order valence-electron chi connectivity index (χ1n) is 9.97. The fraction of sp³-hybridized carbons (Fsp3) is 0.0769. The molecule has 0 radical (unpaired) electrons. The molecule has 1 aliphatic heterocycles. The van der Waals surface area contributed by atoms with E-state index < -0.39 is 6.04 Å². The topological polar surface area (TPSA) is 59.8 Å². The quantitative estimate of drug-likeness (QED) is 0.430. The molecule has 0 bridgehead atoms. The van der Waals surface area contributed by atoms with Crippen molar-refractivity contribution < 1.29 is 13.9 Å². The molecule has 5 nitrogen and oxygen atoms in total. The Balaban J connectivity index is 1.76. The van der Waals surface area contributed by atoms with Crippen LogP contribution in [0.25, 0.3) is 11.0 Å². The number of nitrogens with zero attached hydrogens (tertiary/aromatic N) is 1. The smallest absolute Gasteiger partial charge is 0.295 e. The molecule has 5 rings (SSSR count). The molecule has 1 aromatic heterocycles. The summed E-state index contributed by atoms with van der Waals surface area (Å²) in [4.78, 5) is 28.6. The van der Waals surface area contributed by atoms with Gasteiger partial charge in [-0.05, 0) is 42.0 Å². The van der Waals surface area contributed by atoms with Crippen LogP contribution < -0.4 is 15.1 Å². The standard InChI is InChI=1S/C26H19NO4/c1-2-15-30-19-12-8-9-17(16-19)23-22-24(28)20-13-6-7-14-21(20)31-25(22)26(29)27(23)18-10-4-3-5-11-18/h2-14,16,23H,1,15H2. The van der Waals surface area contributed by atoms with Gasteiger partial charge in [-0.1, -0.05) is 55.1 Å². The molecule has 1 atom stereocenters. The maximum atomic E-state index is 13.5. The average Bonchev–Trinajstić information content (AvgIpc) is 3.11.